The van der Waals surface area contributed by atoms with Crippen molar-refractivity contribution in [2.45, 2.75) is 51.1 Å². The third-order valence-electron chi connectivity index (χ3n) is 6.27. The SMILES string of the molecule is CCCNC(=O)[C@H](CC)N(Cc1ccc(Cl)c(Cl)c1)C(=O)CN(c1ccc(C)cc1)S(=O)(=O)c1ccc(Cl)cc1. The number of hydrogen-bond donors (Lipinski definition) is 1. The predicted octanol–water partition coefficient (Wildman–Crippen LogP) is 6.48. The molecule has 7 nitrogen and oxygen atoms in total. The Kier molecular flexibility index (Phi) is 11.3. The molecule has 40 heavy (non-hydrogen) atoms. The van der Waals surface area contributed by atoms with E-state index in [-0.39, 0.29) is 17.3 Å². The minimum Gasteiger partial charge on any atom is -0.354 e. The number of amides is 2. The topological polar surface area (TPSA) is 86.8 Å². The van der Waals surface area contributed by atoms with Crippen LogP contribution >= 0.6 is 34.8 Å². The maximum atomic E-state index is 14.0. The van der Waals surface area contributed by atoms with Gasteiger partial charge >= 0.3 is 0 Å². The lowest BCUT2D eigenvalue weighted by molar-refractivity contribution is -0.140. The number of halogens is 3. The van der Waals surface area contributed by atoms with Crippen LogP contribution in [0.4, 0.5) is 5.69 Å². The molecule has 214 valence electrons. The van der Waals surface area contributed by atoms with Crippen molar-refractivity contribution in [2.24, 2.45) is 0 Å². The van der Waals surface area contributed by atoms with Gasteiger partial charge in [0.2, 0.25) is 11.8 Å². The first kappa shape index (κ1) is 31.7. The highest BCUT2D eigenvalue weighted by Crippen LogP contribution is 2.27. The number of nitrogens with zero attached hydrogens (tertiary/aromatic N) is 2. The largest absolute Gasteiger partial charge is 0.354 e. The van der Waals surface area contributed by atoms with Crippen LogP contribution in [0, 0.1) is 6.92 Å². The molecule has 0 spiro atoms. The Balaban J connectivity index is 2.06. The molecule has 0 heterocycles. The van der Waals surface area contributed by atoms with Crippen LogP contribution in [0.2, 0.25) is 15.1 Å². The lowest BCUT2D eigenvalue weighted by Crippen LogP contribution is -2.52. The highest BCUT2D eigenvalue weighted by molar-refractivity contribution is 7.92. The highest BCUT2D eigenvalue weighted by atomic mass is 35.5. The molecule has 0 bridgehead atoms. The van der Waals surface area contributed by atoms with Gasteiger partial charge in [-0.3, -0.25) is 13.9 Å². The van der Waals surface area contributed by atoms with E-state index in [1.807, 2.05) is 13.8 Å². The van der Waals surface area contributed by atoms with Gasteiger partial charge in [-0.1, -0.05) is 72.4 Å². The molecule has 0 aliphatic rings. The van der Waals surface area contributed by atoms with Crippen LogP contribution in [0.5, 0.6) is 0 Å². The Morgan fingerprint density at radius 2 is 1.55 bits per heavy atom. The van der Waals surface area contributed by atoms with Crippen molar-refractivity contribution < 1.29 is 18.0 Å². The zero-order valence-electron chi connectivity index (χ0n) is 22.5. The monoisotopic (exact) mass is 623 g/mol. The number of sulfonamides is 1. The Labute approximate surface area is 251 Å². The number of hydrogen-bond acceptors (Lipinski definition) is 4. The van der Waals surface area contributed by atoms with Crippen molar-refractivity contribution >= 4 is 62.3 Å². The van der Waals surface area contributed by atoms with E-state index in [1.54, 1.807) is 49.4 Å². The van der Waals surface area contributed by atoms with E-state index in [0.717, 1.165) is 16.3 Å². The zero-order chi connectivity index (χ0) is 29.4. The van der Waals surface area contributed by atoms with Crippen molar-refractivity contribution in [3.8, 4) is 0 Å². The average Bonchev–Trinajstić information content (AvgIpc) is 2.93. The van der Waals surface area contributed by atoms with Crippen molar-refractivity contribution in [2.75, 3.05) is 17.4 Å². The molecule has 2 amide bonds. The fourth-order valence-corrected chi connectivity index (χ4v) is 5.95. The molecule has 3 rings (SSSR count). The molecule has 0 saturated carbocycles. The fourth-order valence-electron chi connectivity index (χ4n) is 4.09. The summed E-state index contributed by atoms with van der Waals surface area (Å²) in [5.41, 5.74) is 1.89. The van der Waals surface area contributed by atoms with E-state index in [2.05, 4.69) is 5.32 Å². The van der Waals surface area contributed by atoms with Crippen LogP contribution in [0.15, 0.2) is 71.6 Å². The lowest BCUT2D eigenvalue weighted by atomic mass is 10.1. The number of carbonyl (C=O) groups excluding carboxylic acids is 2. The third-order valence-corrected chi connectivity index (χ3v) is 9.05. The van der Waals surface area contributed by atoms with Crippen molar-refractivity contribution in [1.29, 1.82) is 0 Å². The second kappa shape index (κ2) is 14.2. The van der Waals surface area contributed by atoms with E-state index < -0.39 is 28.5 Å². The third kappa shape index (κ3) is 7.91. The van der Waals surface area contributed by atoms with Crippen LogP contribution in [-0.2, 0) is 26.2 Å². The van der Waals surface area contributed by atoms with Gasteiger partial charge in [-0.05, 0) is 73.9 Å². The number of anilines is 1. The van der Waals surface area contributed by atoms with E-state index in [9.17, 15) is 18.0 Å². The highest BCUT2D eigenvalue weighted by Gasteiger charge is 2.33. The molecule has 0 aromatic heterocycles. The van der Waals surface area contributed by atoms with Gasteiger partial charge in [0.25, 0.3) is 10.0 Å². The number of nitrogens with one attached hydrogen (secondary N) is 1. The number of aryl methyl sites for hydroxylation is 1. The Hall–Kier alpha value is -2.78. The molecular weight excluding hydrogens is 593 g/mol. The Morgan fingerprint density at radius 1 is 0.900 bits per heavy atom. The summed E-state index contributed by atoms with van der Waals surface area (Å²) < 4.78 is 28.7. The summed E-state index contributed by atoms with van der Waals surface area (Å²) in [4.78, 5) is 28.5. The van der Waals surface area contributed by atoms with Gasteiger partial charge in [0, 0.05) is 18.1 Å². The van der Waals surface area contributed by atoms with Crippen LogP contribution in [0.25, 0.3) is 0 Å². The Morgan fingerprint density at radius 3 is 2.12 bits per heavy atom. The predicted molar refractivity (Wildman–Crippen MR) is 162 cm³/mol. The zero-order valence-corrected chi connectivity index (χ0v) is 25.6. The van der Waals surface area contributed by atoms with Gasteiger partial charge in [0.05, 0.1) is 20.6 Å². The molecule has 11 heteroatoms. The van der Waals surface area contributed by atoms with Gasteiger partial charge in [0.15, 0.2) is 0 Å². The van der Waals surface area contributed by atoms with Gasteiger partial charge in [-0.2, -0.15) is 0 Å². The molecular formula is C29H32Cl3N3O4S. The summed E-state index contributed by atoms with van der Waals surface area (Å²) in [6.07, 6.45) is 1.04. The maximum Gasteiger partial charge on any atom is 0.264 e. The summed E-state index contributed by atoms with van der Waals surface area (Å²) in [5, 5.41) is 3.90. The normalized spacial score (nSPS) is 12.1. The second-order valence-electron chi connectivity index (χ2n) is 9.29. The molecule has 1 N–H and O–H groups in total. The van der Waals surface area contributed by atoms with Crippen LogP contribution in [0.3, 0.4) is 0 Å². The van der Waals surface area contributed by atoms with Crippen LogP contribution in [0.1, 0.15) is 37.8 Å². The standard InChI is InChI=1S/C29H32Cl3N3O4S/c1-4-16-33-29(37)27(5-2)34(18-21-8-15-25(31)26(32)17-21)28(36)19-35(23-11-6-20(3)7-12-23)40(38,39)24-13-9-22(30)10-14-24/h6-15,17,27H,4-5,16,18-19H2,1-3H3,(H,33,37)/t27-/m0/s1. The number of carbonyl (C=O) groups is 2. The molecule has 1 atom stereocenters. The molecule has 0 aliphatic heterocycles. The van der Waals surface area contributed by atoms with Crippen LogP contribution < -0.4 is 9.62 Å². The molecule has 0 aliphatic carbocycles. The molecule has 0 fully saturated rings. The number of benzene rings is 3. The van der Waals surface area contributed by atoms with Crippen molar-refractivity contribution in [3.63, 3.8) is 0 Å². The summed E-state index contributed by atoms with van der Waals surface area (Å²) in [5.74, 6) is -0.872. The lowest BCUT2D eigenvalue weighted by Gasteiger charge is -2.33. The summed E-state index contributed by atoms with van der Waals surface area (Å²) in [7, 11) is -4.18. The average molecular weight is 625 g/mol. The first-order valence-electron chi connectivity index (χ1n) is 12.8. The minimum absolute atomic E-state index is 0.0194. The number of rotatable bonds is 12. The maximum absolute atomic E-state index is 14.0. The van der Waals surface area contributed by atoms with E-state index in [0.29, 0.717) is 39.3 Å². The molecule has 0 unspecified atom stereocenters. The second-order valence-corrected chi connectivity index (χ2v) is 12.4. The first-order chi connectivity index (χ1) is 19.0. The summed E-state index contributed by atoms with van der Waals surface area (Å²) in [6, 6.07) is 16.7. The van der Waals surface area contributed by atoms with E-state index in [1.165, 1.54) is 29.2 Å². The van der Waals surface area contributed by atoms with Crippen molar-refractivity contribution in [1.82, 2.24) is 10.2 Å². The van der Waals surface area contributed by atoms with Gasteiger partial charge in [0.1, 0.15) is 12.6 Å². The van der Waals surface area contributed by atoms with E-state index >= 15 is 0 Å². The quantitative estimate of drug-likeness (QED) is 0.250. The van der Waals surface area contributed by atoms with E-state index in [4.69, 9.17) is 34.8 Å². The summed E-state index contributed by atoms with van der Waals surface area (Å²) >= 11 is 18.3. The minimum atomic E-state index is -4.18. The molecule has 3 aromatic rings. The molecule has 0 radical (unpaired) electrons. The smallest absolute Gasteiger partial charge is 0.264 e. The Bertz CT molecular complexity index is 1430. The fraction of sp³-hybridized carbons (Fsp3) is 0.310. The molecule has 0 saturated heterocycles. The first-order valence-corrected chi connectivity index (χ1v) is 15.4. The van der Waals surface area contributed by atoms with Crippen molar-refractivity contribution in [3.05, 3.63) is 92.9 Å². The van der Waals surface area contributed by atoms with Gasteiger partial charge in [-0.15, -0.1) is 0 Å². The van der Waals surface area contributed by atoms with Crippen LogP contribution in [-0.4, -0.2) is 44.3 Å². The van der Waals surface area contributed by atoms with Gasteiger partial charge in [-0.25, -0.2) is 8.42 Å². The molecule has 3 aromatic carbocycles. The van der Waals surface area contributed by atoms with Gasteiger partial charge < -0.3 is 10.2 Å². The summed E-state index contributed by atoms with van der Waals surface area (Å²) in [6.45, 7) is 5.55.